The molecule has 4 heteroatoms. The van der Waals surface area contributed by atoms with Crippen molar-refractivity contribution in [2.45, 2.75) is 0 Å². The first-order chi connectivity index (χ1) is 8.24. The summed E-state index contributed by atoms with van der Waals surface area (Å²) in [7, 11) is 0. The third-order valence-corrected chi connectivity index (χ3v) is 2.73. The molecule has 0 spiro atoms. The molecule has 0 bridgehead atoms. The number of rotatable bonds is 1. The number of halogens is 1. The zero-order valence-electron chi connectivity index (χ0n) is 8.94. The van der Waals surface area contributed by atoms with Crippen molar-refractivity contribution >= 4 is 16.7 Å². The Balaban J connectivity index is 2.16. The molecule has 0 amide bonds. The standard InChI is InChI=1S/C13H10FN3/c14-11-2-1-8(6-12(11)15)10-5-9-3-4-16-13(9)17-7-10/h1-7H,15H2,(H,16,17). The Bertz CT molecular complexity index is 688. The van der Waals surface area contributed by atoms with Gasteiger partial charge in [0.1, 0.15) is 11.5 Å². The minimum atomic E-state index is -0.399. The number of nitrogen functional groups attached to an aromatic ring is 1. The second-order valence-electron chi connectivity index (χ2n) is 3.88. The maximum absolute atomic E-state index is 13.1. The molecule has 3 N–H and O–H groups in total. The highest BCUT2D eigenvalue weighted by Gasteiger charge is 2.04. The van der Waals surface area contributed by atoms with Crippen LogP contribution in [0.2, 0.25) is 0 Å². The molecule has 2 heterocycles. The van der Waals surface area contributed by atoms with Gasteiger partial charge in [-0.1, -0.05) is 6.07 Å². The fraction of sp³-hybridized carbons (Fsp3) is 0. The van der Waals surface area contributed by atoms with E-state index in [1.807, 2.05) is 18.3 Å². The number of hydrogen-bond donors (Lipinski definition) is 2. The third kappa shape index (κ3) is 1.63. The molecule has 2 aromatic heterocycles. The summed E-state index contributed by atoms with van der Waals surface area (Å²) in [6.07, 6.45) is 3.58. The quantitative estimate of drug-likeness (QED) is 0.628. The van der Waals surface area contributed by atoms with Gasteiger partial charge in [0.05, 0.1) is 5.69 Å². The number of nitrogens with two attached hydrogens (primary N) is 1. The Morgan fingerprint density at radius 3 is 2.82 bits per heavy atom. The van der Waals surface area contributed by atoms with Crippen molar-refractivity contribution in [3.8, 4) is 11.1 Å². The SMILES string of the molecule is Nc1cc(-c2cnc3[nH]ccc3c2)ccc1F. The first-order valence-electron chi connectivity index (χ1n) is 5.22. The van der Waals surface area contributed by atoms with Crippen molar-refractivity contribution in [3.63, 3.8) is 0 Å². The maximum atomic E-state index is 13.1. The lowest BCUT2D eigenvalue weighted by Crippen LogP contribution is -1.91. The number of nitrogens with one attached hydrogen (secondary N) is 1. The average molecular weight is 227 g/mol. The summed E-state index contributed by atoms with van der Waals surface area (Å²) in [6, 6.07) is 8.61. The summed E-state index contributed by atoms with van der Waals surface area (Å²) in [6.45, 7) is 0. The van der Waals surface area contributed by atoms with Gasteiger partial charge in [0.15, 0.2) is 0 Å². The second kappa shape index (κ2) is 3.59. The van der Waals surface area contributed by atoms with Gasteiger partial charge >= 0.3 is 0 Å². The van der Waals surface area contributed by atoms with Gasteiger partial charge in [0.25, 0.3) is 0 Å². The van der Waals surface area contributed by atoms with Crippen LogP contribution < -0.4 is 5.73 Å². The van der Waals surface area contributed by atoms with Crippen LogP contribution in [0.15, 0.2) is 42.7 Å². The minimum Gasteiger partial charge on any atom is -0.396 e. The summed E-state index contributed by atoms with van der Waals surface area (Å²) in [5.74, 6) is -0.399. The van der Waals surface area contributed by atoms with E-state index in [1.165, 1.54) is 6.07 Å². The number of benzene rings is 1. The fourth-order valence-corrected chi connectivity index (χ4v) is 1.82. The molecule has 3 aromatic rings. The monoisotopic (exact) mass is 227 g/mol. The zero-order chi connectivity index (χ0) is 11.8. The topological polar surface area (TPSA) is 54.7 Å². The van der Waals surface area contributed by atoms with E-state index in [2.05, 4.69) is 9.97 Å². The maximum Gasteiger partial charge on any atom is 0.146 e. The van der Waals surface area contributed by atoms with Gasteiger partial charge in [-0.3, -0.25) is 0 Å². The molecule has 17 heavy (non-hydrogen) atoms. The molecule has 0 aliphatic rings. The van der Waals surface area contributed by atoms with E-state index in [0.717, 1.165) is 22.2 Å². The Morgan fingerprint density at radius 2 is 2.00 bits per heavy atom. The molecule has 3 rings (SSSR count). The Kier molecular flexibility index (Phi) is 2.08. The van der Waals surface area contributed by atoms with Crippen LogP contribution >= 0.6 is 0 Å². The number of anilines is 1. The van der Waals surface area contributed by atoms with Crippen LogP contribution in [-0.4, -0.2) is 9.97 Å². The highest BCUT2D eigenvalue weighted by Crippen LogP contribution is 2.25. The van der Waals surface area contributed by atoms with Crippen LogP contribution in [0.25, 0.3) is 22.2 Å². The molecule has 0 unspecified atom stereocenters. The summed E-state index contributed by atoms with van der Waals surface area (Å²) in [5, 5.41) is 1.02. The number of aromatic nitrogens is 2. The van der Waals surface area contributed by atoms with Crippen LogP contribution in [0.4, 0.5) is 10.1 Å². The van der Waals surface area contributed by atoms with E-state index in [1.54, 1.807) is 18.3 Å². The number of H-pyrrole nitrogens is 1. The van der Waals surface area contributed by atoms with Crippen LogP contribution in [0.1, 0.15) is 0 Å². The fourth-order valence-electron chi connectivity index (χ4n) is 1.82. The van der Waals surface area contributed by atoms with Crippen LogP contribution in [-0.2, 0) is 0 Å². The molecule has 3 nitrogen and oxygen atoms in total. The molecule has 0 radical (unpaired) electrons. The minimum absolute atomic E-state index is 0.150. The lowest BCUT2D eigenvalue weighted by molar-refractivity contribution is 0.632. The predicted molar refractivity (Wildman–Crippen MR) is 65.9 cm³/mol. The Hall–Kier alpha value is -2.36. The van der Waals surface area contributed by atoms with Gasteiger partial charge in [-0.25, -0.2) is 9.37 Å². The molecular weight excluding hydrogens is 217 g/mol. The van der Waals surface area contributed by atoms with Crippen molar-refractivity contribution < 1.29 is 4.39 Å². The molecule has 0 saturated heterocycles. The number of fused-ring (bicyclic) bond motifs is 1. The highest BCUT2D eigenvalue weighted by atomic mass is 19.1. The van der Waals surface area contributed by atoms with E-state index < -0.39 is 5.82 Å². The Morgan fingerprint density at radius 1 is 1.12 bits per heavy atom. The van der Waals surface area contributed by atoms with E-state index in [4.69, 9.17) is 5.73 Å². The van der Waals surface area contributed by atoms with Gasteiger partial charge in [0, 0.05) is 23.3 Å². The predicted octanol–water partition coefficient (Wildman–Crippen LogP) is 2.95. The van der Waals surface area contributed by atoms with E-state index >= 15 is 0 Å². The van der Waals surface area contributed by atoms with E-state index in [0.29, 0.717) is 0 Å². The van der Waals surface area contributed by atoms with Gasteiger partial charge in [-0.05, 0) is 29.8 Å². The number of aromatic amines is 1. The van der Waals surface area contributed by atoms with Crippen LogP contribution in [0.5, 0.6) is 0 Å². The van der Waals surface area contributed by atoms with Gasteiger partial charge in [-0.15, -0.1) is 0 Å². The normalized spacial score (nSPS) is 10.9. The summed E-state index contributed by atoms with van der Waals surface area (Å²) >= 11 is 0. The lowest BCUT2D eigenvalue weighted by Gasteiger charge is -2.03. The van der Waals surface area contributed by atoms with Crippen molar-refractivity contribution in [1.29, 1.82) is 0 Å². The van der Waals surface area contributed by atoms with E-state index in [9.17, 15) is 4.39 Å². The first-order valence-corrected chi connectivity index (χ1v) is 5.22. The average Bonchev–Trinajstić information content (AvgIpc) is 2.79. The molecule has 0 aliphatic heterocycles. The molecule has 0 fully saturated rings. The number of pyridine rings is 1. The smallest absolute Gasteiger partial charge is 0.146 e. The van der Waals surface area contributed by atoms with E-state index in [-0.39, 0.29) is 5.69 Å². The molecule has 0 atom stereocenters. The summed E-state index contributed by atoms with van der Waals surface area (Å²) in [4.78, 5) is 7.30. The molecular formula is C13H10FN3. The third-order valence-electron chi connectivity index (χ3n) is 2.73. The first kappa shape index (κ1) is 9.84. The molecule has 0 saturated carbocycles. The van der Waals surface area contributed by atoms with Gasteiger partial charge in [-0.2, -0.15) is 0 Å². The summed E-state index contributed by atoms with van der Waals surface area (Å²) in [5.41, 5.74) is 8.32. The molecule has 1 aromatic carbocycles. The van der Waals surface area contributed by atoms with Gasteiger partial charge in [0.2, 0.25) is 0 Å². The van der Waals surface area contributed by atoms with Gasteiger partial charge < -0.3 is 10.7 Å². The molecule has 0 aliphatic carbocycles. The Labute approximate surface area is 97.1 Å². The number of hydrogen-bond acceptors (Lipinski definition) is 2. The molecule has 84 valence electrons. The second-order valence-corrected chi connectivity index (χ2v) is 3.88. The lowest BCUT2D eigenvalue weighted by atomic mass is 10.1. The van der Waals surface area contributed by atoms with Crippen LogP contribution in [0.3, 0.4) is 0 Å². The largest absolute Gasteiger partial charge is 0.396 e. The zero-order valence-corrected chi connectivity index (χ0v) is 8.94. The van der Waals surface area contributed by atoms with Crippen LogP contribution in [0, 0.1) is 5.82 Å². The highest BCUT2D eigenvalue weighted by molar-refractivity contribution is 5.81. The number of nitrogens with zero attached hydrogens (tertiary/aromatic N) is 1. The summed E-state index contributed by atoms with van der Waals surface area (Å²) < 4.78 is 13.1. The van der Waals surface area contributed by atoms with Crippen molar-refractivity contribution in [2.24, 2.45) is 0 Å². The van der Waals surface area contributed by atoms with Crippen molar-refractivity contribution in [2.75, 3.05) is 5.73 Å². The van der Waals surface area contributed by atoms with Crippen molar-refractivity contribution in [3.05, 3.63) is 48.5 Å². The van der Waals surface area contributed by atoms with Crippen molar-refractivity contribution in [1.82, 2.24) is 9.97 Å².